The number of carbonyl (C=O) groups excluding carboxylic acids is 2. The van der Waals surface area contributed by atoms with Gasteiger partial charge in [0.05, 0.1) is 5.92 Å². The third-order valence-electron chi connectivity index (χ3n) is 3.96. The lowest BCUT2D eigenvalue weighted by atomic mass is 10.1. The molecule has 2 aliphatic rings. The summed E-state index contributed by atoms with van der Waals surface area (Å²) in [5, 5.41) is 2.86. The fourth-order valence-corrected chi connectivity index (χ4v) is 2.77. The van der Waals surface area contributed by atoms with E-state index in [1.54, 1.807) is 23.1 Å². The second kappa shape index (κ2) is 5.87. The van der Waals surface area contributed by atoms with Gasteiger partial charge in [-0.15, -0.1) is 0 Å². The van der Waals surface area contributed by atoms with E-state index in [9.17, 15) is 9.59 Å². The van der Waals surface area contributed by atoms with E-state index >= 15 is 0 Å². The first-order valence-electron chi connectivity index (χ1n) is 7.54. The van der Waals surface area contributed by atoms with E-state index in [-0.39, 0.29) is 30.2 Å². The largest absolute Gasteiger partial charge is 0.486 e. The fourth-order valence-electron chi connectivity index (χ4n) is 2.77. The number of likely N-dealkylation sites (tertiary alicyclic amines) is 1. The Morgan fingerprint density at radius 1 is 1.27 bits per heavy atom. The van der Waals surface area contributed by atoms with E-state index in [2.05, 4.69) is 5.32 Å². The van der Waals surface area contributed by atoms with Gasteiger partial charge in [0.1, 0.15) is 13.2 Å². The third-order valence-corrected chi connectivity index (χ3v) is 3.96. The van der Waals surface area contributed by atoms with Gasteiger partial charge in [0.15, 0.2) is 11.5 Å². The molecule has 0 radical (unpaired) electrons. The monoisotopic (exact) mass is 304 g/mol. The molecule has 1 aromatic rings. The summed E-state index contributed by atoms with van der Waals surface area (Å²) in [6, 6.07) is 5.44. The SMILES string of the molecule is CC(C)N1CC(C(=O)Nc2ccc3c(c2)OCCO3)CC1=O. The van der Waals surface area contributed by atoms with Crippen LogP contribution in [-0.4, -0.2) is 42.5 Å². The number of hydrogen-bond donors (Lipinski definition) is 1. The normalized spacial score (nSPS) is 20.4. The number of rotatable bonds is 3. The molecular formula is C16H20N2O4. The Morgan fingerprint density at radius 2 is 2.00 bits per heavy atom. The molecule has 0 spiro atoms. The average molecular weight is 304 g/mol. The van der Waals surface area contributed by atoms with Crippen LogP contribution in [0.25, 0.3) is 0 Å². The Hall–Kier alpha value is -2.24. The molecule has 1 saturated heterocycles. The minimum absolute atomic E-state index is 0.0392. The maximum atomic E-state index is 12.3. The molecule has 0 bridgehead atoms. The van der Waals surface area contributed by atoms with Crippen molar-refractivity contribution >= 4 is 17.5 Å². The smallest absolute Gasteiger partial charge is 0.229 e. The number of carbonyl (C=O) groups is 2. The van der Waals surface area contributed by atoms with Crippen LogP contribution >= 0.6 is 0 Å². The summed E-state index contributed by atoms with van der Waals surface area (Å²) < 4.78 is 10.9. The van der Waals surface area contributed by atoms with Gasteiger partial charge in [-0.1, -0.05) is 0 Å². The van der Waals surface area contributed by atoms with Gasteiger partial charge in [-0.05, 0) is 26.0 Å². The molecule has 0 aromatic heterocycles. The average Bonchev–Trinajstić information content (AvgIpc) is 2.89. The fraction of sp³-hybridized carbons (Fsp3) is 0.500. The minimum atomic E-state index is -0.303. The number of hydrogen-bond acceptors (Lipinski definition) is 4. The van der Waals surface area contributed by atoms with Crippen molar-refractivity contribution in [3.63, 3.8) is 0 Å². The highest BCUT2D eigenvalue weighted by Crippen LogP contribution is 2.33. The molecular weight excluding hydrogens is 284 g/mol. The van der Waals surface area contributed by atoms with Crippen LogP contribution in [0.1, 0.15) is 20.3 Å². The molecule has 0 saturated carbocycles. The Morgan fingerprint density at radius 3 is 2.68 bits per heavy atom. The van der Waals surface area contributed by atoms with E-state index in [1.807, 2.05) is 13.8 Å². The molecule has 2 heterocycles. The van der Waals surface area contributed by atoms with Crippen molar-refractivity contribution in [2.75, 3.05) is 25.1 Å². The highest BCUT2D eigenvalue weighted by molar-refractivity contribution is 5.97. The van der Waals surface area contributed by atoms with Crippen molar-refractivity contribution in [1.82, 2.24) is 4.90 Å². The van der Waals surface area contributed by atoms with Crippen molar-refractivity contribution in [3.8, 4) is 11.5 Å². The van der Waals surface area contributed by atoms with Crippen molar-refractivity contribution in [3.05, 3.63) is 18.2 Å². The van der Waals surface area contributed by atoms with E-state index in [4.69, 9.17) is 9.47 Å². The molecule has 1 fully saturated rings. The van der Waals surface area contributed by atoms with Gasteiger partial charge >= 0.3 is 0 Å². The first kappa shape index (κ1) is 14.7. The Bertz CT molecular complexity index is 600. The van der Waals surface area contributed by atoms with Crippen LogP contribution in [0.2, 0.25) is 0 Å². The minimum Gasteiger partial charge on any atom is -0.486 e. The van der Waals surface area contributed by atoms with Crippen LogP contribution in [0.5, 0.6) is 11.5 Å². The molecule has 0 aliphatic carbocycles. The maximum absolute atomic E-state index is 12.3. The summed E-state index contributed by atoms with van der Waals surface area (Å²) in [5.74, 6) is 0.926. The number of fused-ring (bicyclic) bond motifs is 1. The van der Waals surface area contributed by atoms with Crippen LogP contribution in [0, 0.1) is 5.92 Å². The van der Waals surface area contributed by atoms with Gasteiger partial charge in [0.25, 0.3) is 0 Å². The Balaban J connectivity index is 1.66. The van der Waals surface area contributed by atoms with Gasteiger partial charge in [0.2, 0.25) is 11.8 Å². The second-order valence-electron chi connectivity index (χ2n) is 5.89. The molecule has 1 N–H and O–H groups in total. The van der Waals surface area contributed by atoms with Crippen LogP contribution in [-0.2, 0) is 9.59 Å². The van der Waals surface area contributed by atoms with Crippen molar-refractivity contribution in [1.29, 1.82) is 0 Å². The first-order valence-corrected chi connectivity index (χ1v) is 7.54. The lowest BCUT2D eigenvalue weighted by Crippen LogP contribution is -2.33. The van der Waals surface area contributed by atoms with E-state index in [0.29, 0.717) is 36.9 Å². The van der Waals surface area contributed by atoms with E-state index in [0.717, 1.165) is 0 Å². The summed E-state index contributed by atoms with van der Waals surface area (Å²) >= 11 is 0. The second-order valence-corrected chi connectivity index (χ2v) is 5.89. The van der Waals surface area contributed by atoms with Crippen molar-refractivity contribution < 1.29 is 19.1 Å². The predicted molar refractivity (Wildman–Crippen MR) is 81.0 cm³/mol. The molecule has 22 heavy (non-hydrogen) atoms. The predicted octanol–water partition coefficient (Wildman–Crippen LogP) is 1.65. The topological polar surface area (TPSA) is 67.9 Å². The molecule has 2 amide bonds. The van der Waals surface area contributed by atoms with Crippen molar-refractivity contribution in [2.45, 2.75) is 26.3 Å². The lowest BCUT2D eigenvalue weighted by molar-refractivity contribution is -0.129. The van der Waals surface area contributed by atoms with Gasteiger partial charge in [-0.25, -0.2) is 0 Å². The number of benzene rings is 1. The van der Waals surface area contributed by atoms with Crippen molar-refractivity contribution in [2.24, 2.45) is 5.92 Å². The van der Waals surface area contributed by atoms with Crippen LogP contribution < -0.4 is 14.8 Å². The number of amides is 2. The molecule has 1 atom stereocenters. The zero-order valence-electron chi connectivity index (χ0n) is 12.8. The lowest BCUT2D eigenvalue weighted by Gasteiger charge is -2.21. The Kier molecular flexibility index (Phi) is 3.92. The molecule has 1 unspecified atom stereocenters. The number of anilines is 1. The molecule has 118 valence electrons. The number of ether oxygens (including phenoxy) is 2. The highest BCUT2D eigenvalue weighted by atomic mass is 16.6. The zero-order chi connectivity index (χ0) is 15.7. The molecule has 1 aromatic carbocycles. The van der Waals surface area contributed by atoms with E-state index < -0.39 is 0 Å². The summed E-state index contributed by atoms with van der Waals surface area (Å²) in [4.78, 5) is 26.0. The summed E-state index contributed by atoms with van der Waals surface area (Å²) in [5.41, 5.74) is 0.657. The summed E-state index contributed by atoms with van der Waals surface area (Å²) in [6.45, 7) is 5.43. The maximum Gasteiger partial charge on any atom is 0.229 e. The molecule has 2 aliphatic heterocycles. The summed E-state index contributed by atoms with van der Waals surface area (Å²) in [7, 11) is 0. The molecule has 6 nitrogen and oxygen atoms in total. The van der Waals surface area contributed by atoms with Gasteiger partial charge in [-0.2, -0.15) is 0 Å². The van der Waals surface area contributed by atoms with Crippen LogP contribution in [0.15, 0.2) is 18.2 Å². The van der Waals surface area contributed by atoms with Gasteiger partial charge < -0.3 is 19.7 Å². The zero-order valence-corrected chi connectivity index (χ0v) is 12.8. The first-order chi connectivity index (χ1) is 10.5. The third kappa shape index (κ3) is 2.86. The van der Waals surface area contributed by atoms with Crippen LogP contribution in [0.3, 0.4) is 0 Å². The Labute approximate surface area is 129 Å². The number of nitrogens with one attached hydrogen (secondary N) is 1. The molecule has 3 rings (SSSR count). The highest BCUT2D eigenvalue weighted by Gasteiger charge is 2.35. The quantitative estimate of drug-likeness (QED) is 0.922. The van der Waals surface area contributed by atoms with Gasteiger partial charge in [0, 0.05) is 30.8 Å². The standard InChI is InChI=1S/C16H20N2O4/c1-10(2)18-9-11(7-15(18)19)16(20)17-12-3-4-13-14(8-12)22-6-5-21-13/h3-4,8,10-11H,5-7,9H2,1-2H3,(H,17,20). The van der Waals surface area contributed by atoms with Gasteiger partial charge in [-0.3, -0.25) is 9.59 Å². The van der Waals surface area contributed by atoms with Crippen LogP contribution in [0.4, 0.5) is 5.69 Å². The number of nitrogens with zero attached hydrogens (tertiary/aromatic N) is 1. The summed E-state index contributed by atoms with van der Waals surface area (Å²) in [6.07, 6.45) is 0.272. The van der Waals surface area contributed by atoms with E-state index in [1.165, 1.54) is 0 Å². The molecule has 6 heteroatoms.